The molecule has 0 aromatic carbocycles. The summed E-state index contributed by atoms with van der Waals surface area (Å²) in [5.41, 5.74) is 0.0563. The van der Waals surface area contributed by atoms with Crippen LogP contribution < -0.4 is 10.6 Å². The Morgan fingerprint density at radius 3 is 2.42 bits per heavy atom. The van der Waals surface area contributed by atoms with Crippen molar-refractivity contribution in [1.29, 1.82) is 0 Å². The van der Waals surface area contributed by atoms with Crippen LogP contribution in [-0.2, 0) is 4.74 Å². The molecule has 6 heteroatoms. The molecule has 2 rings (SSSR count). The SMILES string of the molecule is CCNC(=NCC(C)(C)N1CCOCC1)NCC(C)N1CCC(C)CC1. The van der Waals surface area contributed by atoms with E-state index in [1.165, 1.54) is 25.9 Å². The molecule has 2 aliphatic rings. The lowest BCUT2D eigenvalue weighted by atomic mass is 9.98. The van der Waals surface area contributed by atoms with Gasteiger partial charge in [-0.15, -0.1) is 0 Å². The fourth-order valence-electron chi connectivity index (χ4n) is 3.73. The smallest absolute Gasteiger partial charge is 0.191 e. The van der Waals surface area contributed by atoms with Gasteiger partial charge in [-0.2, -0.15) is 0 Å². The lowest BCUT2D eigenvalue weighted by molar-refractivity contribution is -0.00684. The lowest BCUT2D eigenvalue weighted by Crippen LogP contribution is -2.52. The Labute approximate surface area is 160 Å². The van der Waals surface area contributed by atoms with Crippen LogP contribution in [0.4, 0.5) is 0 Å². The predicted molar refractivity (Wildman–Crippen MR) is 110 cm³/mol. The van der Waals surface area contributed by atoms with E-state index < -0.39 is 0 Å². The molecule has 2 aliphatic heterocycles. The molecule has 152 valence electrons. The maximum atomic E-state index is 5.48. The second kappa shape index (κ2) is 10.5. The highest BCUT2D eigenvalue weighted by molar-refractivity contribution is 5.79. The largest absolute Gasteiger partial charge is 0.379 e. The van der Waals surface area contributed by atoms with Gasteiger partial charge in [0.1, 0.15) is 0 Å². The number of hydrogen-bond acceptors (Lipinski definition) is 4. The first-order valence-electron chi connectivity index (χ1n) is 10.5. The monoisotopic (exact) mass is 367 g/mol. The number of ether oxygens (including phenoxy) is 1. The Bertz CT molecular complexity index is 426. The van der Waals surface area contributed by atoms with E-state index in [4.69, 9.17) is 9.73 Å². The Morgan fingerprint density at radius 2 is 1.81 bits per heavy atom. The normalized spacial score (nSPS) is 23.0. The summed E-state index contributed by atoms with van der Waals surface area (Å²) >= 11 is 0. The van der Waals surface area contributed by atoms with Gasteiger partial charge < -0.3 is 15.4 Å². The molecule has 0 saturated carbocycles. The molecule has 2 heterocycles. The molecule has 1 unspecified atom stereocenters. The third kappa shape index (κ3) is 6.71. The molecular formula is C20H41N5O. The summed E-state index contributed by atoms with van der Waals surface area (Å²) in [5.74, 6) is 1.82. The summed E-state index contributed by atoms with van der Waals surface area (Å²) < 4.78 is 5.48. The highest BCUT2D eigenvalue weighted by Gasteiger charge is 2.28. The van der Waals surface area contributed by atoms with Crippen LogP contribution in [0.2, 0.25) is 0 Å². The minimum absolute atomic E-state index is 0.0563. The Morgan fingerprint density at radius 1 is 1.15 bits per heavy atom. The summed E-state index contributed by atoms with van der Waals surface area (Å²) in [7, 11) is 0. The molecule has 0 aromatic rings. The van der Waals surface area contributed by atoms with E-state index in [-0.39, 0.29) is 5.54 Å². The van der Waals surface area contributed by atoms with Gasteiger partial charge in [-0.05, 0) is 59.5 Å². The van der Waals surface area contributed by atoms with Crippen molar-refractivity contribution in [2.75, 3.05) is 59.0 Å². The number of hydrogen-bond donors (Lipinski definition) is 2. The minimum atomic E-state index is 0.0563. The maximum absolute atomic E-state index is 5.48. The van der Waals surface area contributed by atoms with Crippen LogP contribution in [-0.4, -0.2) is 86.4 Å². The summed E-state index contributed by atoms with van der Waals surface area (Å²) in [6.45, 7) is 20.1. The molecule has 0 amide bonds. The van der Waals surface area contributed by atoms with Gasteiger partial charge in [0, 0.05) is 37.8 Å². The molecule has 2 fully saturated rings. The zero-order chi connectivity index (χ0) is 19.0. The number of guanidine groups is 1. The molecule has 0 spiro atoms. The molecule has 0 aromatic heterocycles. The van der Waals surface area contributed by atoms with Gasteiger partial charge in [0.15, 0.2) is 5.96 Å². The number of nitrogens with zero attached hydrogens (tertiary/aromatic N) is 3. The molecular weight excluding hydrogens is 326 g/mol. The highest BCUT2D eigenvalue weighted by atomic mass is 16.5. The number of likely N-dealkylation sites (tertiary alicyclic amines) is 1. The third-order valence-electron chi connectivity index (χ3n) is 5.84. The van der Waals surface area contributed by atoms with Gasteiger partial charge in [0.25, 0.3) is 0 Å². The number of rotatable bonds is 7. The van der Waals surface area contributed by atoms with Gasteiger partial charge in [0.2, 0.25) is 0 Å². The summed E-state index contributed by atoms with van der Waals surface area (Å²) in [6, 6.07) is 0.540. The number of morpholine rings is 1. The highest BCUT2D eigenvalue weighted by Crippen LogP contribution is 2.18. The Kier molecular flexibility index (Phi) is 8.64. The average molecular weight is 368 g/mol. The standard InChI is InChI=1S/C20H41N5O/c1-6-21-19(22-15-18(3)24-9-7-17(2)8-10-24)23-16-20(4,5)25-11-13-26-14-12-25/h17-18H,6-16H2,1-5H3,(H2,21,22,23). The van der Waals surface area contributed by atoms with Crippen molar-refractivity contribution in [3.05, 3.63) is 0 Å². The van der Waals surface area contributed by atoms with Crippen molar-refractivity contribution in [2.24, 2.45) is 10.9 Å². The number of nitrogens with one attached hydrogen (secondary N) is 2. The molecule has 26 heavy (non-hydrogen) atoms. The van der Waals surface area contributed by atoms with Crippen LogP contribution in [0.3, 0.4) is 0 Å². The second-order valence-electron chi connectivity index (χ2n) is 8.56. The van der Waals surface area contributed by atoms with Crippen molar-refractivity contribution in [1.82, 2.24) is 20.4 Å². The number of piperidine rings is 1. The third-order valence-corrected chi connectivity index (χ3v) is 5.84. The van der Waals surface area contributed by atoms with E-state index in [9.17, 15) is 0 Å². The van der Waals surface area contributed by atoms with Crippen LogP contribution in [0.25, 0.3) is 0 Å². The van der Waals surface area contributed by atoms with E-state index in [1.54, 1.807) is 0 Å². The van der Waals surface area contributed by atoms with E-state index in [0.717, 1.165) is 57.8 Å². The van der Waals surface area contributed by atoms with E-state index in [0.29, 0.717) is 6.04 Å². The Balaban J connectivity index is 1.83. The van der Waals surface area contributed by atoms with Crippen LogP contribution in [0.5, 0.6) is 0 Å². The average Bonchev–Trinajstić information content (AvgIpc) is 2.65. The van der Waals surface area contributed by atoms with Gasteiger partial charge in [0.05, 0.1) is 19.8 Å². The molecule has 1 atom stereocenters. The van der Waals surface area contributed by atoms with Gasteiger partial charge in [-0.1, -0.05) is 6.92 Å². The predicted octanol–water partition coefficient (Wildman–Crippen LogP) is 1.77. The van der Waals surface area contributed by atoms with Gasteiger partial charge in [-0.25, -0.2) is 0 Å². The fraction of sp³-hybridized carbons (Fsp3) is 0.950. The molecule has 0 bridgehead atoms. The molecule has 0 aliphatic carbocycles. The van der Waals surface area contributed by atoms with E-state index >= 15 is 0 Å². The number of aliphatic imine (C=N–C) groups is 1. The molecule has 2 saturated heterocycles. The summed E-state index contributed by atoms with van der Waals surface area (Å²) in [4.78, 5) is 9.98. The van der Waals surface area contributed by atoms with Crippen molar-refractivity contribution in [3.63, 3.8) is 0 Å². The molecule has 0 radical (unpaired) electrons. The van der Waals surface area contributed by atoms with Gasteiger partial charge in [-0.3, -0.25) is 14.8 Å². The van der Waals surface area contributed by atoms with E-state index in [2.05, 4.69) is 55.1 Å². The van der Waals surface area contributed by atoms with Crippen LogP contribution >= 0.6 is 0 Å². The fourth-order valence-corrected chi connectivity index (χ4v) is 3.73. The zero-order valence-corrected chi connectivity index (χ0v) is 17.7. The summed E-state index contributed by atoms with van der Waals surface area (Å²) in [6.07, 6.45) is 2.65. The van der Waals surface area contributed by atoms with Crippen molar-refractivity contribution < 1.29 is 4.74 Å². The minimum Gasteiger partial charge on any atom is -0.379 e. The zero-order valence-electron chi connectivity index (χ0n) is 17.7. The van der Waals surface area contributed by atoms with E-state index in [1.807, 2.05) is 0 Å². The Hall–Kier alpha value is -0.850. The maximum Gasteiger partial charge on any atom is 0.191 e. The van der Waals surface area contributed by atoms with Crippen molar-refractivity contribution >= 4 is 5.96 Å². The van der Waals surface area contributed by atoms with Crippen LogP contribution in [0.1, 0.15) is 47.5 Å². The molecule has 6 nitrogen and oxygen atoms in total. The second-order valence-corrected chi connectivity index (χ2v) is 8.56. The van der Waals surface area contributed by atoms with Gasteiger partial charge >= 0.3 is 0 Å². The quantitative estimate of drug-likeness (QED) is 0.531. The van der Waals surface area contributed by atoms with Crippen LogP contribution in [0, 0.1) is 5.92 Å². The van der Waals surface area contributed by atoms with Crippen molar-refractivity contribution in [2.45, 2.75) is 59.0 Å². The first-order valence-corrected chi connectivity index (χ1v) is 10.5. The topological polar surface area (TPSA) is 52.1 Å². The lowest BCUT2D eigenvalue weighted by Gasteiger charge is -2.40. The first kappa shape index (κ1) is 21.5. The first-order chi connectivity index (χ1) is 12.4. The van der Waals surface area contributed by atoms with Crippen molar-refractivity contribution in [3.8, 4) is 0 Å². The summed E-state index contributed by atoms with van der Waals surface area (Å²) in [5, 5.41) is 6.96. The van der Waals surface area contributed by atoms with Crippen LogP contribution in [0.15, 0.2) is 4.99 Å². The molecule has 2 N–H and O–H groups in total.